The first-order valence-electron chi connectivity index (χ1n) is 5.78. The van der Waals surface area contributed by atoms with E-state index in [-0.39, 0.29) is 0 Å². The summed E-state index contributed by atoms with van der Waals surface area (Å²) in [7, 11) is 4.15. The molecular weight excluding hydrogens is 208 g/mol. The first kappa shape index (κ1) is 11.5. The Kier molecular flexibility index (Phi) is 3.33. The van der Waals surface area contributed by atoms with E-state index in [9.17, 15) is 0 Å². The number of nitrogens with two attached hydrogens (primary N) is 1. The highest BCUT2D eigenvalue weighted by Crippen LogP contribution is 2.26. The van der Waals surface area contributed by atoms with Crippen molar-refractivity contribution in [3.05, 3.63) is 65.4 Å². The predicted octanol–water partition coefficient (Wildman–Crippen LogP) is 2.76. The van der Waals surface area contributed by atoms with E-state index in [1.807, 2.05) is 12.1 Å². The fourth-order valence-electron chi connectivity index (χ4n) is 2.06. The molecule has 0 fully saturated rings. The molecule has 88 valence electrons. The van der Waals surface area contributed by atoms with Crippen LogP contribution >= 0.6 is 0 Å². The summed E-state index contributed by atoms with van der Waals surface area (Å²) in [5, 5.41) is 0. The lowest BCUT2D eigenvalue weighted by Gasteiger charge is -2.22. The highest BCUT2D eigenvalue weighted by molar-refractivity contribution is 5.70. The predicted molar refractivity (Wildman–Crippen MR) is 73.1 cm³/mol. The summed E-state index contributed by atoms with van der Waals surface area (Å²) in [6.45, 7) is 0. The monoisotopic (exact) mass is 226 g/mol. The Morgan fingerprint density at radius 1 is 1.12 bits per heavy atom. The van der Waals surface area contributed by atoms with Gasteiger partial charge in [-0.15, -0.1) is 0 Å². The third kappa shape index (κ3) is 2.59. The van der Waals surface area contributed by atoms with Gasteiger partial charge in [0.15, 0.2) is 0 Å². The molecule has 0 bridgehead atoms. The standard InChI is InChI=1S/C15H18N2/c1-17(2)15(12-6-4-3-5-7-12)13-8-10-14(16)11-9-13/h3-8,10-11H,9,16H2,1-2H3. The number of hydrogen-bond donors (Lipinski definition) is 1. The second-order valence-corrected chi connectivity index (χ2v) is 4.38. The molecule has 1 aromatic carbocycles. The van der Waals surface area contributed by atoms with Crippen LogP contribution in [0.15, 0.2) is 59.8 Å². The van der Waals surface area contributed by atoms with Crippen LogP contribution in [0.2, 0.25) is 0 Å². The third-order valence-electron chi connectivity index (χ3n) is 2.83. The number of rotatable bonds is 2. The molecule has 0 radical (unpaired) electrons. The van der Waals surface area contributed by atoms with Gasteiger partial charge in [-0.2, -0.15) is 0 Å². The minimum absolute atomic E-state index is 0.847. The van der Waals surface area contributed by atoms with E-state index in [1.165, 1.54) is 16.8 Å². The first-order valence-corrected chi connectivity index (χ1v) is 5.78. The average Bonchev–Trinajstić information content (AvgIpc) is 2.33. The van der Waals surface area contributed by atoms with Gasteiger partial charge in [0.05, 0.1) is 0 Å². The Hall–Kier alpha value is -1.96. The summed E-state index contributed by atoms with van der Waals surface area (Å²) in [6, 6.07) is 10.4. The van der Waals surface area contributed by atoms with E-state index in [1.54, 1.807) is 0 Å². The Balaban J connectivity index is 2.44. The van der Waals surface area contributed by atoms with Gasteiger partial charge in [0.2, 0.25) is 0 Å². The van der Waals surface area contributed by atoms with Crippen LogP contribution in [0, 0.1) is 0 Å². The Morgan fingerprint density at radius 2 is 1.82 bits per heavy atom. The Morgan fingerprint density at radius 3 is 2.35 bits per heavy atom. The van der Waals surface area contributed by atoms with Crippen LogP contribution in [0.25, 0.3) is 5.70 Å². The molecule has 0 saturated heterocycles. The Bertz CT molecular complexity index is 479. The molecule has 0 aromatic heterocycles. The second kappa shape index (κ2) is 4.91. The number of hydrogen-bond acceptors (Lipinski definition) is 2. The quantitative estimate of drug-likeness (QED) is 0.840. The summed E-state index contributed by atoms with van der Waals surface area (Å²) in [5.74, 6) is 0. The molecule has 0 unspecified atom stereocenters. The lowest BCUT2D eigenvalue weighted by Crippen LogP contribution is -2.13. The molecular formula is C15H18N2. The molecule has 1 aromatic rings. The molecule has 0 saturated carbocycles. The lowest BCUT2D eigenvalue weighted by molar-refractivity contribution is 0.587. The van der Waals surface area contributed by atoms with Crippen LogP contribution in [0.5, 0.6) is 0 Å². The lowest BCUT2D eigenvalue weighted by atomic mass is 9.99. The molecule has 0 amide bonds. The molecule has 2 heteroatoms. The van der Waals surface area contributed by atoms with E-state index < -0.39 is 0 Å². The molecule has 2 N–H and O–H groups in total. The summed E-state index contributed by atoms with van der Waals surface area (Å²) in [4.78, 5) is 2.16. The fraction of sp³-hybridized carbons (Fsp3) is 0.200. The van der Waals surface area contributed by atoms with Crippen molar-refractivity contribution in [2.75, 3.05) is 14.1 Å². The third-order valence-corrected chi connectivity index (χ3v) is 2.83. The molecule has 0 spiro atoms. The molecule has 17 heavy (non-hydrogen) atoms. The second-order valence-electron chi connectivity index (χ2n) is 4.38. The molecule has 2 rings (SSSR count). The van der Waals surface area contributed by atoms with E-state index in [0.29, 0.717) is 0 Å². The topological polar surface area (TPSA) is 29.3 Å². The SMILES string of the molecule is CN(C)C(=C1C=CC(N)=CC1)c1ccccc1. The van der Waals surface area contributed by atoms with Crippen molar-refractivity contribution >= 4 is 5.70 Å². The van der Waals surface area contributed by atoms with Crippen LogP contribution in [0.1, 0.15) is 12.0 Å². The van der Waals surface area contributed by atoms with E-state index in [0.717, 1.165) is 12.1 Å². The van der Waals surface area contributed by atoms with Crippen molar-refractivity contribution in [1.29, 1.82) is 0 Å². The number of nitrogens with zero attached hydrogens (tertiary/aromatic N) is 1. The highest BCUT2D eigenvalue weighted by atomic mass is 15.1. The smallest absolute Gasteiger partial charge is 0.0470 e. The van der Waals surface area contributed by atoms with Gasteiger partial charge in [0.25, 0.3) is 0 Å². The van der Waals surface area contributed by atoms with Gasteiger partial charge in [0.1, 0.15) is 0 Å². The summed E-state index contributed by atoms with van der Waals surface area (Å²) < 4.78 is 0. The van der Waals surface area contributed by atoms with Crippen molar-refractivity contribution in [2.45, 2.75) is 6.42 Å². The maximum Gasteiger partial charge on any atom is 0.0470 e. The van der Waals surface area contributed by atoms with Gasteiger partial charge in [-0.25, -0.2) is 0 Å². The number of allylic oxidation sites excluding steroid dienone is 4. The van der Waals surface area contributed by atoms with Gasteiger partial charge in [-0.3, -0.25) is 0 Å². The zero-order chi connectivity index (χ0) is 12.3. The minimum Gasteiger partial charge on any atom is -0.399 e. The molecule has 0 aliphatic heterocycles. The van der Waals surface area contributed by atoms with Gasteiger partial charge in [0, 0.05) is 25.5 Å². The molecule has 1 aliphatic rings. The molecule has 1 aliphatic carbocycles. The summed E-state index contributed by atoms with van der Waals surface area (Å²) >= 11 is 0. The van der Waals surface area contributed by atoms with Crippen LogP contribution < -0.4 is 5.73 Å². The first-order chi connectivity index (χ1) is 8.18. The van der Waals surface area contributed by atoms with Crippen molar-refractivity contribution in [3.63, 3.8) is 0 Å². The fourth-order valence-corrected chi connectivity index (χ4v) is 2.06. The van der Waals surface area contributed by atoms with Crippen LogP contribution in [-0.4, -0.2) is 19.0 Å². The maximum atomic E-state index is 5.75. The van der Waals surface area contributed by atoms with Crippen molar-refractivity contribution in [1.82, 2.24) is 4.90 Å². The maximum absolute atomic E-state index is 5.75. The largest absolute Gasteiger partial charge is 0.399 e. The minimum atomic E-state index is 0.847. The highest BCUT2D eigenvalue weighted by Gasteiger charge is 2.10. The van der Waals surface area contributed by atoms with Crippen molar-refractivity contribution < 1.29 is 0 Å². The summed E-state index contributed by atoms with van der Waals surface area (Å²) in [6.07, 6.45) is 7.02. The van der Waals surface area contributed by atoms with Gasteiger partial charge < -0.3 is 10.6 Å². The van der Waals surface area contributed by atoms with Gasteiger partial charge in [-0.1, -0.05) is 42.5 Å². The van der Waals surface area contributed by atoms with Crippen molar-refractivity contribution in [3.8, 4) is 0 Å². The van der Waals surface area contributed by atoms with Gasteiger partial charge in [-0.05, 0) is 23.6 Å². The molecule has 0 heterocycles. The Labute approximate surface area is 103 Å². The van der Waals surface area contributed by atoms with Crippen LogP contribution in [0.4, 0.5) is 0 Å². The zero-order valence-electron chi connectivity index (χ0n) is 10.4. The average molecular weight is 226 g/mol. The van der Waals surface area contributed by atoms with Gasteiger partial charge >= 0.3 is 0 Å². The zero-order valence-corrected chi connectivity index (χ0v) is 10.4. The number of benzene rings is 1. The van der Waals surface area contributed by atoms with E-state index >= 15 is 0 Å². The molecule has 2 nitrogen and oxygen atoms in total. The van der Waals surface area contributed by atoms with Crippen molar-refractivity contribution in [2.24, 2.45) is 5.73 Å². The summed E-state index contributed by atoms with van der Waals surface area (Å²) in [5.41, 5.74) is 10.4. The van der Waals surface area contributed by atoms with Crippen LogP contribution in [0.3, 0.4) is 0 Å². The van der Waals surface area contributed by atoms with Crippen LogP contribution in [-0.2, 0) is 0 Å². The van der Waals surface area contributed by atoms with E-state index in [4.69, 9.17) is 5.73 Å². The van der Waals surface area contributed by atoms with E-state index in [2.05, 4.69) is 55.4 Å². The molecule has 0 atom stereocenters. The normalized spacial score (nSPS) is 17.6.